The van der Waals surface area contributed by atoms with Crippen molar-refractivity contribution < 1.29 is 8.78 Å². The number of H-pyrrole nitrogens is 1. The highest BCUT2D eigenvalue weighted by Crippen LogP contribution is 2.32. The fourth-order valence-electron chi connectivity index (χ4n) is 3.10. The number of fused-ring (bicyclic) bond motifs is 1. The molecule has 0 unspecified atom stereocenters. The first kappa shape index (κ1) is 16.6. The van der Waals surface area contributed by atoms with Crippen molar-refractivity contribution in [1.82, 2.24) is 25.1 Å². The number of nitrogens with one attached hydrogen (secondary N) is 2. The molecule has 0 saturated carbocycles. The van der Waals surface area contributed by atoms with Crippen LogP contribution in [0, 0.1) is 0 Å². The lowest BCUT2D eigenvalue weighted by atomic mass is 10.1. The summed E-state index contributed by atoms with van der Waals surface area (Å²) in [6.45, 7) is 4.02. The Morgan fingerprint density at radius 2 is 1.96 bits per heavy atom. The Kier molecular flexibility index (Phi) is 4.14. The van der Waals surface area contributed by atoms with Crippen LogP contribution in [-0.2, 0) is 0 Å². The summed E-state index contributed by atoms with van der Waals surface area (Å²) in [5.41, 5.74) is 2.01. The van der Waals surface area contributed by atoms with E-state index in [1.807, 2.05) is 19.9 Å². The average Bonchev–Trinajstić information content (AvgIpc) is 3.19. The summed E-state index contributed by atoms with van der Waals surface area (Å²) in [6, 6.07) is 3.73. The van der Waals surface area contributed by atoms with E-state index in [1.165, 1.54) is 6.33 Å². The van der Waals surface area contributed by atoms with Crippen molar-refractivity contribution in [2.45, 2.75) is 32.2 Å². The third-order valence-corrected chi connectivity index (χ3v) is 4.30. The van der Waals surface area contributed by atoms with Crippen LogP contribution in [-0.4, -0.2) is 56.6 Å². The van der Waals surface area contributed by atoms with Crippen LogP contribution in [0.1, 0.15) is 13.8 Å². The summed E-state index contributed by atoms with van der Waals surface area (Å²) in [6.07, 6.45) is 0.0971. The molecule has 26 heavy (non-hydrogen) atoms. The number of pyridine rings is 1. The van der Waals surface area contributed by atoms with Crippen LogP contribution in [0.2, 0.25) is 0 Å². The van der Waals surface area contributed by atoms with Crippen LogP contribution < -0.4 is 10.2 Å². The van der Waals surface area contributed by atoms with E-state index in [-0.39, 0.29) is 19.1 Å². The number of nitrogens with zero attached hydrogens (tertiary/aromatic N) is 5. The largest absolute Gasteiger partial charge is 0.367 e. The SMILES string of the molecule is CC(C)Nc1nccc2[nH]nc(-c3cc(N4C[C@@H](F)[C@H](F)C4)ncn3)c12. The Labute approximate surface area is 148 Å². The van der Waals surface area contributed by atoms with Gasteiger partial charge in [0.15, 0.2) is 12.3 Å². The van der Waals surface area contributed by atoms with E-state index in [0.717, 1.165) is 10.9 Å². The molecule has 0 spiro atoms. The maximum atomic E-state index is 13.5. The van der Waals surface area contributed by atoms with Gasteiger partial charge in [-0.25, -0.2) is 23.7 Å². The lowest BCUT2D eigenvalue weighted by molar-refractivity contribution is 0.217. The number of rotatable bonds is 4. The molecule has 7 nitrogen and oxygen atoms in total. The van der Waals surface area contributed by atoms with Gasteiger partial charge in [0, 0.05) is 18.3 Å². The van der Waals surface area contributed by atoms with Crippen molar-refractivity contribution in [3.05, 3.63) is 24.7 Å². The van der Waals surface area contributed by atoms with Crippen molar-refractivity contribution in [3.8, 4) is 11.4 Å². The van der Waals surface area contributed by atoms with E-state index < -0.39 is 12.3 Å². The molecule has 2 N–H and O–H groups in total. The number of anilines is 2. The molecule has 3 aromatic heterocycles. The topological polar surface area (TPSA) is 82.6 Å². The molecule has 136 valence electrons. The number of hydrogen-bond acceptors (Lipinski definition) is 6. The van der Waals surface area contributed by atoms with Gasteiger partial charge in [-0.3, -0.25) is 5.10 Å². The fourth-order valence-corrected chi connectivity index (χ4v) is 3.10. The van der Waals surface area contributed by atoms with Gasteiger partial charge < -0.3 is 10.2 Å². The number of halogens is 2. The molecule has 0 aliphatic carbocycles. The fraction of sp³-hybridized carbons (Fsp3) is 0.412. The Morgan fingerprint density at radius 1 is 1.19 bits per heavy atom. The van der Waals surface area contributed by atoms with Crippen molar-refractivity contribution in [2.75, 3.05) is 23.3 Å². The standard InChI is InChI=1S/C17H19F2N7/c1-9(2)23-17-15-12(3-4-20-17)24-25-16(15)13-5-14(22-8-21-13)26-6-10(18)11(19)7-26/h3-5,8-11H,6-7H2,1-2H3,(H,20,23)(H,24,25)/t10-,11-/m1/s1. The first-order chi connectivity index (χ1) is 12.5. The van der Waals surface area contributed by atoms with E-state index in [2.05, 4.69) is 30.5 Å². The minimum atomic E-state index is -1.49. The van der Waals surface area contributed by atoms with Crippen LogP contribution in [0.15, 0.2) is 24.7 Å². The predicted octanol–water partition coefficient (Wildman–Crippen LogP) is 2.73. The van der Waals surface area contributed by atoms with E-state index in [4.69, 9.17) is 0 Å². The number of alkyl halides is 2. The van der Waals surface area contributed by atoms with Gasteiger partial charge in [0.1, 0.15) is 23.7 Å². The van der Waals surface area contributed by atoms with Crippen LogP contribution in [0.25, 0.3) is 22.3 Å². The Morgan fingerprint density at radius 3 is 2.69 bits per heavy atom. The monoisotopic (exact) mass is 359 g/mol. The molecule has 1 aliphatic rings. The highest BCUT2D eigenvalue weighted by atomic mass is 19.2. The summed E-state index contributed by atoms with van der Waals surface area (Å²) in [7, 11) is 0. The molecule has 0 radical (unpaired) electrons. The van der Waals surface area contributed by atoms with Crippen molar-refractivity contribution in [1.29, 1.82) is 0 Å². The molecular formula is C17H19F2N7. The van der Waals surface area contributed by atoms with E-state index in [1.54, 1.807) is 17.2 Å². The Hall–Kier alpha value is -2.84. The molecule has 4 heterocycles. The molecule has 4 rings (SSSR count). The predicted molar refractivity (Wildman–Crippen MR) is 95.7 cm³/mol. The van der Waals surface area contributed by atoms with E-state index >= 15 is 0 Å². The zero-order valence-electron chi connectivity index (χ0n) is 14.4. The highest BCUT2D eigenvalue weighted by Gasteiger charge is 2.33. The zero-order valence-corrected chi connectivity index (χ0v) is 14.4. The van der Waals surface area contributed by atoms with Gasteiger partial charge in [-0.2, -0.15) is 5.10 Å². The number of hydrogen-bond donors (Lipinski definition) is 2. The van der Waals surface area contributed by atoms with Gasteiger partial charge in [-0.05, 0) is 19.9 Å². The average molecular weight is 359 g/mol. The second kappa shape index (κ2) is 6.47. The lowest BCUT2D eigenvalue weighted by Gasteiger charge is -2.16. The molecule has 1 fully saturated rings. The molecule has 0 bridgehead atoms. The van der Waals surface area contributed by atoms with Gasteiger partial charge in [0.25, 0.3) is 0 Å². The number of aromatic nitrogens is 5. The second-order valence-electron chi connectivity index (χ2n) is 6.65. The molecular weight excluding hydrogens is 340 g/mol. The minimum Gasteiger partial charge on any atom is -0.367 e. The zero-order chi connectivity index (χ0) is 18.3. The van der Waals surface area contributed by atoms with Crippen LogP contribution in [0.3, 0.4) is 0 Å². The van der Waals surface area contributed by atoms with Crippen molar-refractivity contribution >= 4 is 22.5 Å². The quantitative estimate of drug-likeness (QED) is 0.745. The Balaban J connectivity index is 1.75. The molecule has 9 heteroatoms. The summed E-state index contributed by atoms with van der Waals surface area (Å²) in [4.78, 5) is 14.4. The highest BCUT2D eigenvalue weighted by molar-refractivity contribution is 6.00. The summed E-state index contributed by atoms with van der Waals surface area (Å²) >= 11 is 0. The molecule has 0 amide bonds. The first-order valence-electron chi connectivity index (χ1n) is 8.48. The van der Waals surface area contributed by atoms with Gasteiger partial charge in [-0.1, -0.05) is 0 Å². The minimum absolute atomic E-state index is 0.0133. The summed E-state index contributed by atoms with van der Waals surface area (Å²) in [5.74, 6) is 1.19. The molecule has 1 aliphatic heterocycles. The van der Waals surface area contributed by atoms with Crippen molar-refractivity contribution in [2.24, 2.45) is 0 Å². The molecule has 3 aromatic rings. The third kappa shape index (κ3) is 2.93. The second-order valence-corrected chi connectivity index (χ2v) is 6.65. The van der Waals surface area contributed by atoms with E-state index in [9.17, 15) is 8.78 Å². The van der Waals surface area contributed by atoms with Crippen LogP contribution in [0.5, 0.6) is 0 Å². The van der Waals surface area contributed by atoms with Crippen LogP contribution >= 0.6 is 0 Å². The van der Waals surface area contributed by atoms with E-state index in [0.29, 0.717) is 23.0 Å². The maximum absolute atomic E-state index is 13.5. The van der Waals surface area contributed by atoms with Crippen molar-refractivity contribution in [3.63, 3.8) is 0 Å². The van der Waals surface area contributed by atoms with Gasteiger partial charge >= 0.3 is 0 Å². The lowest BCUT2D eigenvalue weighted by Crippen LogP contribution is -2.21. The molecule has 0 aromatic carbocycles. The molecule has 1 saturated heterocycles. The van der Waals surface area contributed by atoms with Gasteiger partial charge in [0.05, 0.1) is 29.7 Å². The van der Waals surface area contributed by atoms with Gasteiger partial charge in [0.2, 0.25) is 0 Å². The normalized spacial score (nSPS) is 20.3. The maximum Gasteiger partial charge on any atom is 0.150 e. The summed E-state index contributed by atoms with van der Waals surface area (Å²) in [5, 5.41) is 11.5. The first-order valence-corrected chi connectivity index (χ1v) is 8.48. The Bertz CT molecular complexity index is 916. The van der Waals surface area contributed by atoms with Crippen LogP contribution in [0.4, 0.5) is 20.4 Å². The smallest absolute Gasteiger partial charge is 0.150 e. The summed E-state index contributed by atoms with van der Waals surface area (Å²) < 4.78 is 27.0. The number of aromatic amines is 1. The third-order valence-electron chi connectivity index (χ3n) is 4.30. The molecule has 2 atom stereocenters. The van der Waals surface area contributed by atoms with Gasteiger partial charge in [-0.15, -0.1) is 0 Å².